The third kappa shape index (κ3) is 4.46. The molecule has 4 rings (SSSR count). The van der Waals surface area contributed by atoms with Crippen LogP contribution in [0.15, 0.2) is 58.5 Å². The zero-order valence-corrected chi connectivity index (χ0v) is 18.0. The van der Waals surface area contributed by atoms with E-state index in [2.05, 4.69) is 15.4 Å². The number of carbonyl (C=O) groups excluding carboxylic acids is 1. The summed E-state index contributed by atoms with van der Waals surface area (Å²) < 4.78 is 8.10. The third-order valence-corrected chi connectivity index (χ3v) is 5.82. The van der Waals surface area contributed by atoms with Crippen LogP contribution in [0.4, 0.5) is 0 Å². The van der Waals surface area contributed by atoms with Crippen LogP contribution < -0.4 is 21.2 Å². The molecule has 1 amide bonds. The number of carbonyl (C=O) groups is 1. The Bertz CT molecular complexity index is 1230. The van der Waals surface area contributed by atoms with Crippen molar-refractivity contribution in [1.29, 1.82) is 0 Å². The number of amides is 1. The molecule has 0 aliphatic heterocycles. The molecule has 166 valence electrons. The number of rotatable bonds is 5. The quantitative estimate of drug-likeness (QED) is 0.656. The van der Waals surface area contributed by atoms with E-state index in [9.17, 15) is 14.4 Å². The van der Waals surface area contributed by atoms with Crippen LogP contribution in [0.1, 0.15) is 42.1 Å². The van der Waals surface area contributed by atoms with Crippen LogP contribution in [0, 0.1) is 0 Å². The molecule has 3 aromatic heterocycles. The lowest BCUT2D eigenvalue weighted by Crippen LogP contribution is -2.40. The Morgan fingerprint density at radius 2 is 1.91 bits per heavy atom. The summed E-state index contributed by atoms with van der Waals surface area (Å²) in [5.74, 6) is -0.0305. The van der Waals surface area contributed by atoms with Gasteiger partial charge in [-0.05, 0) is 43.9 Å². The molecule has 32 heavy (non-hydrogen) atoms. The number of hydrogen-bond donors (Lipinski definition) is 1. The van der Waals surface area contributed by atoms with Gasteiger partial charge < -0.3 is 14.6 Å². The van der Waals surface area contributed by atoms with Gasteiger partial charge in [0, 0.05) is 49.4 Å². The van der Waals surface area contributed by atoms with Crippen LogP contribution in [0.3, 0.4) is 0 Å². The van der Waals surface area contributed by atoms with Crippen molar-refractivity contribution in [3.05, 3.63) is 75.2 Å². The molecule has 1 aliphatic rings. The first kappa shape index (κ1) is 21.5. The topological polar surface area (TPSA) is 108 Å². The number of nitrogens with one attached hydrogen (secondary N) is 1. The molecule has 0 spiro atoms. The Kier molecular flexibility index (Phi) is 6.16. The molecule has 1 fully saturated rings. The molecule has 1 saturated carbocycles. The highest BCUT2D eigenvalue weighted by molar-refractivity contribution is 5.96. The number of methoxy groups -OCH3 is 1. The molecular weight excluding hydrogens is 410 g/mol. The van der Waals surface area contributed by atoms with Crippen molar-refractivity contribution in [3.63, 3.8) is 0 Å². The first-order valence-corrected chi connectivity index (χ1v) is 10.5. The lowest BCUT2D eigenvalue weighted by molar-refractivity contribution is 0.0917. The van der Waals surface area contributed by atoms with E-state index < -0.39 is 0 Å². The zero-order valence-electron chi connectivity index (χ0n) is 18.0. The molecule has 0 saturated heterocycles. The largest absolute Gasteiger partial charge is 0.496 e. The van der Waals surface area contributed by atoms with Crippen LogP contribution in [0.5, 0.6) is 5.75 Å². The number of pyridine rings is 2. The molecule has 0 bridgehead atoms. The maximum Gasteiger partial charge on any atom is 0.267 e. The molecular formula is C23H25N5O4. The van der Waals surface area contributed by atoms with Crippen molar-refractivity contribution >= 4 is 5.91 Å². The average Bonchev–Trinajstić information content (AvgIpc) is 2.82. The first-order valence-electron chi connectivity index (χ1n) is 10.5. The van der Waals surface area contributed by atoms with E-state index in [-0.39, 0.29) is 34.9 Å². The van der Waals surface area contributed by atoms with Gasteiger partial charge in [0.25, 0.3) is 17.0 Å². The molecule has 9 heteroatoms. The molecule has 1 N–H and O–H groups in total. The fourth-order valence-corrected chi connectivity index (χ4v) is 4.03. The molecule has 9 nitrogen and oxygen atoms in total. The van der Waals surface area contributed by atoms with Gasteiger partial charge in [-0.3, -0.25) is 19.4 Å². The maximum absolute atomic E-state index is 12.8. The second-order valence-corrected chi connectivity index (χ2v) is 7.93. The van der Waals surface area contributed by atoms with Gasteiger partial charge in [-0.1, -0.05) is 0 Å². The number of ether oxygens (including phenoxy) is 1. The zero-order chi connectivity index (χ0) is 22.7. The van der Waals surface area contributed by atoms with Crippen LogP contribution in [-0.2, 0) is 7.05 Å². The summed E-state index contributed by atoms with van der Waals surface area (Å²) in [5.41, 5.74) is 1.49. The highest BCUT2D eigenvalue weighted by atomic mass is 16.5. The molecule has 3 heterocycles. The Morgan fingerprint density at radius 3 is 2.59 bits per heavy atom. The van der Waals surface area contributed by atoms with Gasteiger partial charge in [-0.15, -0.1) is 0 Å². The highest BCUT2D eigenvalue weighted by Crippen LogP contribution is 2.28. The van der Waals surface area contributed by atoms with E-state index in [1.807, 2.05) is 12.1 Å². The van der Waals surface area contributed by atoms with Gasteiger partial charge in [-0.25, -0.2) is 4.68 Å². The Labute approximate surface area is 184 Å². The second-order valence-electron chi connectivity index (χ2n) is 7.93. The van der Waals surface area contributed by atoms with Gasteiger partial charge in [0.1, 0.15) is 5.75 Å². The summed E-state index contributed by atoms with van der Waals surface area (Å²) in [7, 11) is 3.02. The van der Waals surface area contributed by atoms with Crippen LogP contribution >= 0.6 is 0 Å². The molecule has 0 radical (unpaired) electrons. The monoisotopic (exact) mass is 435 g/mol. The third-order valence-electron chi connectivity index (χ3n) is 5.82. The summed E-state index contributed by atoms with van der Waals surface area (Å²) in [6.07, 6.45) is 7.77. The SMILES string of the molecule is COc1cc(=O)n(C)cc1C(=O)NC1CCC(n2nc(-c3cccnc3)ccc2=O)CC1. The van der Waals surface area contributed by atoms with Crippen molar-refractivity contribution < 1.29 is 9.53 Å². The van der Waals surface area contributed by atoms with Crippen LogP contribution in [0.2, 0.25) is 0 Å². The minimum Gasteiger partial charge on any atom is -0.496 e. The van der Waals surface area contributed by atoms with Gasteiger partial charge in [0.05, 0.1) is 24.4 Å². The van der Waals surface area contributed by atoms with E-state index in [1.165, 1.54) is 30.0 Å². The lowest BCUT2D eigenvalue weighted by Gasteiger charge is -2.29. The normalized spacial score (nSPS) is 18.2. The van der Waals surface area contributed by atoms with Crippen molar-refractivity contribution in [1.82, 2.24) is 24.6 Å². The van der Waals surface area contributed by atoms with E-state index in [4.69, 9.17) is 4.74 Å². The fourth-order valence-electron chi connectivity index (χ4n) is 4.03. The minimum atomic E-state index is -0.283. The van der Waals surface area contributed by atoms with E-state index in [0.717, 1.165) is 31.2 Å². The summed E-state index contributed by atoms with van der Waals surface area (Å²) >= 11 is 0. The standard InChI is InChI=1S/C23H25N5O4/c1-27-14-18(20(32-2)12-22(27)30)23(31)25-16-5-7-17(8-6-16)28-21(29)10-9-19(26-28)15-4-3-11-24-13-15/h3-4,9-14,16-17H,5-8H2,1-2H3,(H,25,31). The summed E-state index contributed by atoms with van der Waals surface area (Å²) in [6.45, 7) is 0. The maximum atomic E-state index is 12.8. The summed E-state index contributed by atoms with van der Waals surface area (Å²) in [4.78, 5) is 41.1. The Hall–Kier alpha value is -3.75. The van der Waals surface area contributed by atoms with E-state index in [1.54, 1.807) is 30.2 Å². The lowest BCUT2D eigenvalue weighted by atomic mass is 9.91. The van der Waals surface area contributed by atoms with Crippen LogP contribution in [-0.4, -0.2) is 38.4 Å². The van der Waals surface area contributed by atoms with E-state index >= 15 is 0 Å². The van der Waals surface area contributed by atoms with E-state index in [0.29, 0.717) is 11.3 Å². The van der Waals surface area contributed by atoms with Crippen LogP contribution in [0.25, 0.3) is 11.3 Å². The predicted octanol–water partition coefficient (Wildman–Crippen LogP) is 1.93. The van der Waals surface area contributed by atoms with Gasteiger partial charge in [0.15, 0.2) is 0 Å². The molecule has 1 aliphatic carbocycles. The average molecular weight is 435 g/mol. The number of aryl methyl sites for hydroxylation is 1. The molecule has 3 aromatic rings. The van der Waals surface area contributed by atoms with Gasteiger partial charge in [-0.2, -0.15) is 5.10 Å². The molecule has 0 unspecified atom stereocenters. The fraction of sp³-hybridized carbons (Fsp3) is 0.348. The Balaban J connectivity index is 1.44. The minimum absolute atomic E-state index is 0.0284. The first-order chi connectivity index (χ1) is 15.5. The number of aromatic nitrogens is 4. The van der Waals surface area contributed by atoms with Gasteiger partial charge >= 0.3 is 0 Å². The predicted molar refractivity (Wildman–Crippen MR) is 119 cm³/mol. The highest BCUT2D eigenvalue weighted by Gasteiger charge is 2.26. The molecule has 0 aromatic carbocycles. The number of nitrogens with zero attached hydrogens (tertiary/aromatic N) is 4. The van der Waals surface area contributed by atoms with Crippen molar-refractivity contribution in [2.24, 2.45) is 7.05 Å². The second kappa shape index (κ2) is 9.17. The molecule has 0 atom stereocenters. The van der Waals surface area contributed by atoms with Gasteiger partial charge in [0.2, 0.25) is 0 Å². The Morgan fingerprint density at radius 1 is 1.12 bits per heavy atom. The van der Waals surface area contributed by atoms with Crippen molar-refractivity contribution in [2.75, 3.05) is 7.11 Å². The van der Waals surface area contributed by atoms with Crippen molar-refractivity contribution in [2.45, 2.75) is 37.8 Å². The smallest absolute Gasteiger partial charge is 0.267 e. The summed E-state index contributed by atoms with van der Waals surface area (Å²) in [5, 5.41) is 7.60. The van der Waals surface area contributed by atoms with Crippen molar-refractivity contribution in [3.8, 4) is 17.0 Å². The number of hydrogen-bond acceptors (Lipinski definition) is 6. The summed E-state index contributed by atoms with van der Waals surface area (Å²) in [6, 6.07) is 8.23.